The van der Waals surface area contributed by atoms with E-state index >= 15 is 0 Å². The van der Waals surface area contributed by atoms with Gasteiger partial charge in [-0.3, -0.25) is 4.79 Å². The summed E-state index contributed by atoms with van der Waals surface area (Å²) in [4.78, 5) is 30.2. The van der Waals surface area contributed by atoms with Gasteiger partial charge < -0.3 is 15.1 Å². The van der Waals surface area contributed by atoms with Crippen LogP contribution in [0.4, 0.5) is 11.6 Å². The lowest BCUT2D eigenvalue weighted by Gasteiger charge is -2.36. The number of unbranched alkanes of at least 4 members (excludes halogenated alkanes) is 2. The van der Waals surface area contributed by atoms with E-state index in [1.54, 1.807) is 6.07 Å². The summed E-state index contributed by atoms with van der Waals surface area (Å²) >= 11 is 0. The first-order valence-corrected chi connectivity index (χ1v) is 9.72. The molecule has 0 bridgehead atoms. The van der Waals surface area contributed by atoms with Crippen LogP contribution in [-0.2, 0) is 0 Å². The highest BCUT2D eigenvalue weighted by atomic mass is 16.1. The van der Waals surface area contributed by atoms with Gasteiger partial charge in [-0.25, -0.2) is 15.0 Å². The Morgan fingerprint density at radius 3 is 2.48 bits per heavy atom. The number of hydrogen-bond acceptors (Lipinski definition) is 6. The van der Waals surface area contributed by atoms with Gasteiger partial charge in [0.25, 0.3) is 5.91 Å². The molecule has 1 fully saturated rings. The third kappa shape index (κ3) is 5.15. The maximum absolute atomic E-state index is 12.4. The minimum atomic E-state index is -0.120. The van der Waals surface area contributed by atoms with Gasteiger partial charge in [0, 0.05) is 45.0 Å². The Kier molecular flexibility index (Phi) is 6.57. The van der Waals surface area contributed by atoms with Crippen molar-refractivity contribution in [3.8, 4) is 0 Å². The van der Waals surface area contributed by atoms with Crippen LogP contribution in [0.15, 0.2) is 30.5 Å². The number of anilines is 2. The van der Waals surface area contributed by atoms with Crippen LogP contribution < -0.4 is 15.1 Å². The SMILES string of the molecule is CCCCCNC(=O)c1cc(N2CCN(c3ccccn3)CC2)nc(C)n1. The molecule has 144 valence electrons. The topological polar surface area (TPSA) is 74.2 Å². The molecule has 0 aliphatic carbocycles. The summed E-state index contributed by atoms with van der Waals surface area (Å²) in [5.41, 5.74) is 0.446. The Balaban J connectivity index is 1.62. The Hall–Kier alpha value is -2.70. The van der Waals surface area contributed by atoms with Crippen molar-refractivity contribution in [2.75, 3.05) is 42.5 Å². The lowest BCUT2D eigenvalue weighted by Crippen LogP contribution is -2.47. The predicted molar refractivity (Wildman–Crippen MR) is 107 cm³/mol. The van der Waals surface area contributed by atoms with Crippen LogP contribution in [0.3, 0.4) is 0 Å². The van der Waals surface area contributed by atoms with Crippen LogP contribution in [0.5, 0.6) is 0 Å². The maximum atomic E-state index is 12.4. The van der Waals surface area contributed by atoms with Crippen molar-refractivity contribution in [1.29, 1.82) is 0 Å². The first-order chi connectivity index (χ1) is 13.2. The number of nitrogens with one attached hydrogen (secondary N) is 1. The summed E-state index contributed by atoms with van der Waals surface area (Å²) in [6.45, 7) is 8.09. The molecule has 1 N–H and O–H groups in total. The highest BCUT2D eigenvalue weighted by molar-refractivity contribution is 5.92. The quantitative estimate of drug-likeness (QED) is 0.757. The highest BCUT2D eigenvalue weighted by Gasteiger charge is 2.20. The van der Waals surface area contributed by atoms with Gasteiger partial charge in [-0.2, -0.15) is 0 Å². The van der Waals surface area contributed by atoms with Crippen molar-refractivity contribution in [2.45, 2.75) is 33.1 Å². The van der Waals surface area contributed by atoms with Crippen LogP contribution in [0, 0.1) is 6.92 Å². The monoisotopic (exact) mass is 368 g/mol. The molecule has 1 amide bonds. The molecule has 0 spiro atoms. The minimum Gasteiger partial charge on any atom is -0.353 e. The number of piperazine rings is 1. The molecule has 3 heterocycles. The second kappa shape index (κ2) is 9.30. The van der Waals surface area contributed by atoms with Gasteiger partial charge in [0.15, 0.2) is 0 Å². The molecule has 0 unspecified atom stereocenters. The Labute approximate surface area is 160 Å². The largest absolute Gasteiger partial charge is 0.353 e. The van der Waals surface area contributed by atoms with Crippen molar-refractivity contribution in [2.24, 2.45) is 0 Å². The molecule has 7 heteroatoms. The number of hydrogen-bond donors (Lipinski definition) is 1. The van der Waals surface area contributed by atoms with E-state index in [4.69, 9.17) is 0 Å². The van der Waals surface area contributed by atoms with Crippen molar-refractivity contribution in [3.63, 3.8) is 0 Å². The van der Waals surface area contributed by atoms with E-state index in [9.17, 15) is 4.79 Å². The van der Waals surface area contributed by atoms with Crippen molar-refractivity contribution >= 4 is 17.5 Å². The predicted octanol–water partition coefficient (Wildman–Crippen LogP) is 2.43. The average Bonchev–Trinajstić information content (AvgIpc) is 2.71. The van der Waals surface area contributed by atoms with E-state index in [1.807, 2.05) is 31.3 Å². The second-order valence-electron chi connectivity index (χ2n) is 6.78. The number of aromatic nitrogens is 3. The van der Waals surface area contributed by atoms with Gasteiger partial charge >= 0.3 is 0 Å². The lowest BCUT2D eigenvalue weighted by molar-refractivity contribution is 0.0947. The summed E-state index contributed by atoms with van der Waals surface area (Å²) in [7, 11) is 0. The minimum absolute atomic E-state index is 0.120. The molecular weight excluding hydrogens is 340 g/mol. The summed E-state index contributed by atoms with van der Waals surface area (Å²) in [6, 6.07) is 7.77. The maximum Gasteiger partial charge on any atom is 0.270 e. The van der Waals surface area contributed by atoms with Crippen LogP contribution in [0.1, 0.15) is 42.5 Å². The van der Waals surface area contributed by atoms with Gasteiger partial charge in [-0.1, -0.05) is 25.8 Å². The van der Waals surface area contributed by atoms with Gasteiger partial charge in [-0.15, -0.1) is 0 Å². The fourth-order valence-electron chi connectivity index (χ4n) is 3.20. The molecule has 3 rings (SSSR count). The zero-order valence-corrected chi connectivity index (χ0v) is 16.2. The Morgan fingerprint density at radius 2 is 1.81 bits per heavy atom. The number of carbonyl (C=O) groups excluding carboxylic acids is 1. The van der Waals surface area contributed by atoms with Crippen LogP contribution in [0.2, 0.25) is 0 Å². The molecular formula is C20H28N6O. The summed E-state index contributed by atoms with van der Waals surface area (Å²) < 4.78 is 0. The van der Waals surface area contributed by atoms with E-state index in [2.05, 4.69) is 37.0 Å². The highest BCUT2D eigenvalue weighted by Crippen LogP contribution is 2.18. The third-order valence-corrected chi connectivity index (χ3v) is 4.70. The molecule has 7 nitrogen and oxygen atoms in total. The summed E-state index contributed by atoms with van der Waals surface area (Å²) in [6.07, 6.45) is 5.07. The standard InChI is InChI=1S/C20H28N6O/c1-3-4-6-10-22-20(27)17-15-19(24-16(2)23-17)26-13-11-25(12-14-26)18-8-5-7-9-21-18/h5,7-9,15H,3-4,6,10-14H2,1-2H3,(H,22,27). The molecule has 0 aromatic carbocycles. The second-order valence-corrected chi connectivity index (χ2v) is 6.78. The lowest BCUT2D eigenvalue weighted by atomic mass is 10.2. The molecule has 2 aromatic heterocycles. The first-order valence-electron chi connectivity index (χ1n) is 9.72. The van der Waals surface area contributed by atoms with E-state index in [1.165, 1.54) is 0 Å². The van der Waals surface area contributed by atoms with E-state index < -0.39 is 0 Å². The smallest absolute Gasteiger partial charge is 0.270 e. The normalized spacial score (nSPS) is 14.3. The van der Waals surface area contributed by atoms with E-state index in [0.717, 1.165) is 57.1 Å². The first kappa shape index (κ1) is 19.1. The molecule has 2 aromatic rings. The fraction of sp³-hybridized carbons (Fsp3) is 0.500. The Bertz CT molecular complexity index is 743. The number of amides is 1. The number of carbonyl (C=O) groups is 1. The third-order valence-electron chi connectivity index (χ3n) is 4.70. The molecule has 27 heavy (non-hydrogen) atoms. The molecule has 1 aliphatic heterocycles. The molecule has 0 radical (unpaired) electrons. The van der Waals surface area contributed by atoms with Crippen LogP contribution >= 0.6 is 0 Å². The number of pyridine rings is 1. The summed E-state index contributed by atoms with van der Waals surface area (Å²) in [5, 5.41) is 2.96. The van der Waals surface area contributed by atoms with Gasteiger partial charge in [0.05, 0.1) is 0 Å². The van der Waals surface area contributed by atoms with Crippen molar-refractivity contribution < 1.29 is 4.79 Å². The summed E-state index contributed by atoms with van der Waals surface area (Å²) in [5.74, 6) is 2.33. The number of aryl methyl sites for hydroxylation is 1. The number of nitrogens with zero attached hydrogens (tertiary/aromatic N) is 5. The molecule has 1 saturated heterocycles. The van der Waals surface area contributed by atoms with Crippen LogP contribution in [-0.4, -0.2) is 53.6 Å². The fourth-order valence-corrected chi connectivity index (χ4v) is 3.20. The Morgan fingerprint density at radius 1 is 1.07 bits per heavy atom. The molecule has 0 saturated carbocycles. The number of rotatable bonds is 7. The molecule has 1 aliphatic rings. The van der Waals surface area contributed by atoms with Crippen molar-refractivity contribution in [3.05, 3.63) is 42.0 Å². The van der Waals surface area contributed by atoms with Gasteiger partial charge in [0.2, 0.25) is 0 Å². The molecule has 0 atom stereocenters. The van der Waals surface area contributed by atoms with Crippen LogP contribution in [0.25, 0.3) is 0 Å². The average molecular weight is 368 g/mol. The van der Waals surface area contributed by atoms with Gasteiger partial charge in [-0.05, 0) is 25.5 Å². The van der Waals surface area contributed by atoms with E-state index in [-0.39, 0.29) is 5.91 Å². The van der Waals surface area contributed by atoms with E-state index in [0.29, 0.717) is 18.1 Å². The zero-order chi connectivity index (χ0) is 19.1. The van der Waals surface area contributed by atoms with Gasteiger partial charge in [0.1, 0.15) is 23.2 Å². The van der Waals surface area contributed by atoms with Crippen molar-refractivity contribution in [1.82, 2.24) is 20.3 Å². The zero-order valence-electron chi connectivity index (χ0n) is 16.2.